The Labute approximate surface area is 76.3 Å². The van der Waals surface area contributed by atoms with E-state index in [1.54, 1.807) is 26.4 Å². The Morgan fingerprint density at radius 3 is 3.00 bits per heavy atom. The Morgan fingerprint density at radius 2 is 2.46 bits per heavy atom. The lowest BCUT2D eigenvalue weighted by Gasteiger charge is -2.00. The number of esters is 1. The van der Waals surface area contributed by atoms with Crippen molar-refractivity contribution >= 4 is 5.97 Å². The highest BCUT2D eigenvalue weighted by Crippen LogP contribution is 2.06. The second-order valence-electron chi connectivity index (χ2n) is 2.38. The largest absolute Gasteiger partial charge is 0.493 e. The van der Waals surface area contributed by atoms with Gasteiger partial charge in [-0.1, -0.05) is 0 Å². The van der Waals surface area contributed by atoms with Crippen LogP contribution in [0.3, 0.4) is 0 Å². The lowest BCUT2D eigenvalue weighted by molar-refractivity contribution is -0.144. The molecule has 72 valence electrons. The Balaban J connectivity index is 2.49. The summed E-state index contributed by atoms with van der Waals surface area (Å²) in [4.78, 5) is 11.0. The van der Waals surface area contributed by atoms with Crippen molar-refractivity contribution in [2.75, 3.05) is 13.7 Å². The van der Waals surface area contributed by atoms with Gasteiger partial charge < -0.3 is 9.47 Å². The van der Waals surface area contributed by atoms with Gasteiger partial charge in [-0.3, -0.25) is 9.48 Å². The quantitative estimate of drug-likeness (QED) is 0.638. The van der Waals surface area contributed by atoms with E-state index in [0.717, 1.165) is 0 Å². The van der Waals surface area contributed by atoms with Crippen LogP contribution in [0.4, 0.5) is 0 Å². The standard InChI is InChI=1S/C8H12N2O3/c1-3-13-8(11)6-10-5-7(12-2)4-9-10/h4-5H,3,6H2,1-2H3. The lowest BCUT2D eigenvalue weighted by atomic mass is 10.6. The fourth-order valence-corrected chi connectivity index (χ4v) is 0.875. The van der Waals surface area contributed by atoms with E-state index in [2.05, 4.69) is 5.10 Å². The summed E-state index contributed by atoms with van der Waals surface area (Å²) in [5, 5.41) is 3.90. The predicted molar refractivity (Wildman–Crippen MR) is 45.4 cm³/mol. The fraction of sp³-hybridized carbons (Fsp3) is 0.500. The second kappa shape index (κ2) is 4.49. The number of rotatable bonds is 4. The number of hydrogen-bond acceptors (Lipinski definition) is 4. The third-order valence-electron chi connectivity index (χ3n) is 1.44. The maximum atomic E-state index is 11.0. The van der Waals surface area contributed by atoms with Crippen LogP contribution in [-0.4, -0.2) is 29.5 Å². The number of aromatic nitrogens is 2. The minimum atomic E-state index is -0.298. The minimum Gasteiger partial charge on any atom is -0.493 e. The van der Waals surface area contributed by atoms with Crippen LogP contribution in [0.2, 0.25) is 0 Å². The highest BCUT2D eigenvalue weighted by atomic mass is 16.5. The Morgan fingerprint density at radius 1 is 1.69 bits per heavy atom. The summed E-state index contributed by atoms with van der Waals surface area (Å²) >= 11 is 0. The van der Waals surface area contributed by atoms with Crippen LogP contribution in [0.1, 0.15) is 6.92 Å². The van der Waals surface area contributed by atoms with Crippen LogP contribution in [0.15, 0.2) is 12.4 Å². The Bertz CT molecular complexity index is 283. The predicted octanol–water partition coefficient (Wildman–Crippen LogP) is 0.455. The topological polar surface area (TPSA) is 53.4 Å². The molecule has 13 heavy (non-hydrogen) atoms. The first-order valence-electron chi connectivity index (χ1n) is 3.98. The Kier molecular flexibility index (Phi) is 3.31. The van der Waals surface area contributed by atoms with E-state index in [0.29, 0.717) is 12.4 Å². The molecule has 0 aliphatic carbocycles. The van der Waals surface area contributed by atoms with Crippen molar-refractivity contribution in [3.05, 3.63) is 12.4 Å². The molecule has 0 amide bonds. The van der Waals surface area contributed by atoms with Gasteiger partial charge in [-0.2, -0.15) is 5.10 Å². The van der Waals surface area contributed by atoms with E-state index < -0.39 is 0 Å². The number of carbonyl (C=O) groups excluding carboxylic acids is 1. The number of methoxy groups -OCH3 is 1. The van der Waals surface area contributed by atoms with Gasteiger partial charge in [0.1, 0.15) is 6.54 Å². The zero-order valence-electron chi connectivity index (χ0n) is 7.69. The van der Waals surface area contributed by atoms with E-state index in [4.69, 9.17) is 9.47 Å². The van der Waals surface area contributed by atoms with Gasteiger partial charge in [-0.05, 0) is 6.92 Å². The molecule has 0 fully saturated rings. The summed E-state index contributed by atoms with van der Waals surface area (Å²) in [6.45, 7) is 2.27. The molecule has 5 nitrogen and oxygen atoms in total. The van der Waals surface area contributed by atoms with Crippen LogP contribution < -0.4 is 4.74 Å². The average molecular weight is 184 g/mol. The molecule has 0 aliphatic heterocycles. The minimum absolute atomic E-state index is 0.122. The molecule has 0 bridgehead atoms. The van der Waals surface area contributed by atoms with Crippen molar-refractivity contribution in [1.29, 1.82) is 0 Å². The van der Waals surface area contributed by atoms with E-state index in [1.165, 1.54) is 4.68 Å². The molecule has 1 aromatic rings. The normalized spacial score (nSPS) is 9.69. The SMILES string of the molecule is CCOC(=O)Cn1cc(OC)cn1. The summed E-state index contributed by atoms with van der Waals surface area (Å²) in [6, 6.07) is 0. The van der Waals surface area contributed by atoms with Crippen molar-refractivity contribution in [3.63, 3.8) is 0 Å². The molecule has 0 unspecified atom stereocenters. The zero-order valence-corrected chi connectivity index (χ0v) is 7.69. The van der Waals surface area contributed by atoms with Gasteiger partial charge in [-0.25, -0.2) is 0 Å². The van der Waals surface area contributed by atoms with Gasteiger partial charge in [0.15, 0.2) is 5.75 Å². The summed E-state index contributed by atoms with van der Waals surface area (Å²) in [5.74, 6) is 0.331. The van der Waals surface area contributed by atoms with Crippen LogP contribution >= 0.6 is 0 Å². The molecule has 0 saturated heterocycles. The molecule has 0 aromatic carbocycles. The first kappa shape index (κ1) is 9.57. The average Bonchev–Trinajstić information content (AvgIpc) is 2.52. The van der Waals surface area contributed by atoms with Crippen LogP contribution in [0.25, 0.3) is 0 Å². The first-order valence-corrected chi connectivity index (χ1v) is 3.98. The van der Waals surface area contributed by atoms with E-state index in [1.807, 2.05) is 0 Å². The fourth-order valence-electron chi connectivity index (χ4n) is 0.875. The molecule has 0 aliphatic rings. The first-order chi connectivity index (χ1) is 6.26. The molecule has 0 spiro atoms. The highest BCUT2D eigenvalue weighted by molar-refractivity contribution is 5.69. The maximum Gasteiger partial charge on any atom is 0.327 e. The lowest BCUT2D eigenvalue weighted by Crippen LogP contribution is -2.13. The van der Waals surface area contributed by atoms with Gasteiger partial charge in [0.2, 0.25) is 0 Å². The molecular weight excluding hydrogens is 172 g/mol. The summed E-state index contributed by atoms with van der Waals surface area (Å²) in [5.41, 5.74) is 0. The van der Waals surface area contributed by atoms with Crippen molar-refractivity contribution in [3.8, 4) is 5.75 Å². The Hall–Kier alpha value is -1.52. The molecular formula is C8H12N2O3. The van der Waals surface area contributed by atoms with Crippen molar-refractivity contribution < 1.29 is 14.3 Å². The summed E-state index contributed by atoms with van der Waals surface area (Å²) in [6.07, 6.45) is 3.18. The molecule has 5 heteroatoms. The third kappa shape index (κ3) is 2.77. The van der Waals surface area contributed by atoms with Crippen LogP contribution in [0.5, 0.6) is 5.75 Å². The van der Waals surface area contributed by atoms with Crippen molar-refractivity contribution in [2.24, 2.45) is 0 Å². The summed E-state index contributed by atoms with van der Waals surface area (Å²) < 4.78 is 11.1. The second-order valence-corrected chi connectivity index (χ2v) is 2.38. The van der Waals surface area contributed by atoms with E-state index in [-0.39, 0.29) is 12.5 Å². The van der Waals surface area contributed by atoms with E-state index in [9.17, 15) is 4.79 Å². The molecule has 0 atom stereocenters. The van der Waals surface area contributed by atoms with Gasteiger partial charge in [0.25, 0.3) is 0 Å². The zero-order chi connectivity index (χ0) is 9.68. The van der Waals surface area contributed by atoms with Gasteiger partial charge in [0.05, 0.1) is 26.1 Å². The van der Waals surface area contributed by atoms with Gasteiger partial charge >= 0.3 is 5.97 Å². The van der Waals surface area contributed by atoms with Gasteiger partial charge in [-0.15, -0.1) is 0 Å². The maximum absolute atomic E-state index is 11.0. The van der Waals surface area contributed by atoms with Crippen molar-refractivity contribution in [1.82, 2.24) is 9.78 Å². The highest BCUT2D eigenvalue weighted by Gasteiger charge is 2.04. The van der Waals surface area contributed by atoms with Crippen molar-refractivity contribution in [2.45, 2.75) is 13.5 Å². The monoisotopic (exact) mass is 184 g/mol. The molecule has 1 rings (SSSR count). The molecule has 0 saturated carbocycles. The smallest absolute Gasteiger partial charge is 0.327 e. The summed E-state index contributed by atoms with van der Waals surface area (Å²) in [7, 11) is 1.55. The van der Waals surface area contributed by atoms with Gasteiger partial charge in [0, 0.05) is 0 Å². The number of carbonyl (C=O) groups is 1. The third-order valence-corrected chi connectivity index (χ3v) is 1.44. The van der Waals surface area contributed by atoms with Crippen LogP contribution in [-0.2, 0) is 16.1 Å². The molecule has 0 N–H and O–H groups in total. The molecule has 0 radical (unpaired) electrons. The number of ether oxygens (including phenoxy) is 2. The van der Waals surface area contributed by atoms with Crippen LogP contribution in [0, 0.1) is 0 Å². The number of hydrogen-bond donors (Lipinski definition) is 0. The molecule has 1 aromatic heterocycles. The molecule has 1 heterocycles. The van der Waals surface area contributed by atoms with E-state index >= 15 is 0 Å². The number of nitrogens with zero attached hydrogens (tertiary/aromatic N) is 2.